The van der Waals surface area contributed by atoms with Crippen molar-refractivity contribution in [2.45, 2.75) is 19.3 Å². The molecule has 2 heterocycles. The molecule has 7 heteroatoms. The smallest absolute Gasteiger partial charge is 0.288 e. The number of carbonyl (C=O) groups excluding carboxylic acids is 1. The van der Waals surface area contributed by atoms with Gasteiger partial charge in [-0.3, -0.25) is 9.89 Å². The fourth-order valence-corrected chi connectivity index (χ4v) is 1.97. The highest BCUT2D eigenvalue weighted by molar-refractivity contribution is 5.90. The summed E-state index contributed by atoms with van der Waals surface area (Å²) >= 11 is 0. The van der Waals surface area contributed by atoms with E-state index in [9.17, 15) is 4.79 Å². The number of nitrogens with zero attached hydrogens (tertiary/aromatic N) is 3. The zero-order chi connectivity index (χ0) is 12.1. The Balaban J connectivity index is 1.69. The first-order valence-corrected chi connectivity index (χ1v) is 5.94. The van der Waals surface area contributed by atoms with Gasteiger partial charge in [0, 0.05) is 13.1 Å². The molecule has 0 atom stereocenters. The molecular weight excluding hydrogens is 220 g/mol. The molecular formula is C10H18N6O. The molecule has 0 unspecified atom stereocenters. The van der Waals surface area contributed by atoms with Crippen molar-refractivity contribution in [3.8, 4) is 0 Å². The molecule has 1 aromatic rings. The van der Waals surface area contributed by atoms with Gasteiger partial charge in [-0.25, -0.2) is 0 Å². The van der Waals surface area contributed by atoms with Crippen LogP contribution in [0, 0.1) is 0 Å². The molecule has 1 aromatic heterocycles. The zero-order valence-corrected chi connectivity index (χ0v) is 9.78. The van der Waals surface area contributed by atoms with Crippen LogP contribution >= 0.6 is 0 Å². The summed E-state index contributed by atoms with van der Waals surface area (Å²) in [6.07, 6.45) is 3.83. The van der Waals surface area contributed by atoms with Crippen LogP contribution in [0.3, 0.4) is 0 Å². The van der Waals surface area contributed by atoms with E-state index >= 15 is 0 Å². The third kappa shape index (κ3) is 3.42. The fourth-order valence-electron chi connectivity index (χ4n) is 1.97. The molecule has 1 aliphatic heterocycles. The summed E-state index contributed by atoms with van der Waals surface area (Å²) in [7, 11) is 0. The quantitative estimate of drug-likeness (QED) is 0.663. The van der Waals surface area contributed by atoms with E-state index in [0.29, 0.717) is 6.54 Å². The van der Waals surface area contributed by atoms with E-state index in [4.69, 9.17) is 5.73 Å². The second-order valence-electron chi connectivity index (χ2n) is 4.20. The molecule has 4 N–H and O–H groups in total. The van der Waals surface area contributed by atoms with Gasteiger partial charge in [0.15, 0.2) is 0 Å². The molecule has 94 valence electrons. The van der Waals surface area contributed by atoms with Crippen molar-refractivity contribution in [2.75, 3.05) is 31.9 Å². The SMILES string of the molecule is Nc1n[nH]c(C(=O)NCCN2CCCCC2)n1. The fraction of sp³-hybridized carbons (Fsp3) is 0.700. The van der Waals surface area contributed by atoms with Crippen molar-refractivity contribution in [1.82, 2.24) is 25.4 Å². The van der Waals surface area contributed by atoms with Gasteiger partial charge in [0.1, 0.15) is 0 Å². The minimum absolute atomic E-state index is 0.0891. The van der Waals surface area contributed by atoms with Crippen molar-refractivity contribution in [2.24, 2.45) is 0 Å². The average Bonchev–Trinajstić information content (AvgIpc) is 2.77. The van der Waals surface area contributed by atoms with Crippen molar-refractivity contribution in [1.29, 1.82) is 0 Å². The van der Waals surface area contributed by atoms with Crippen molar-refractivity contribution in [3.63, 3.8) is 0 Å². The van der Waals surface area contributed by atoms with Crippen LogP contribution in [0.1, 0.15) is 29.9 Å². The Morgan fingerprint density at radius 3 is 2.82 bits per heavy atom. The van der Waals surface area contributed by atoms with Gasteiger partial charge in [-0.1, -0.05) is 6.42 Å². The molecule has 17 heavy (non-hydrogen) atoms. The third-order valence-corrected chi connectivity index (χ3v) is 2.88. The second-order valence-corrected chi connectivity index (χ2v) is 4.20. The number of rotatable bonds is 4. The predicted octanol–water partition coefficient (Wildman–Crippen LogP) is -0.397. The molecule has 0 radical (unpaired) electrons. The number of anilines is 1. The molecule has 1 saturated heterocycles. The van der Waals surface area contributed by atoms with E-state index in [2.05, 4.69) is 25.4 Å². The van der Waals surface area contributed by atoms with Crippen molar-refractivity contribution < 1.29 is 4.79 Å². The van der Waals surface area contributed by atoms with Gasteiger partial charge in [-0.15, -0.1) is 5.10 Å². The number of piperidine rings is 1. The summed E-state index contributed by atoms with van der Waals surface area (Å²) in [6, 6.07) is 0. The Labute approximate surface area is 99.8 Å². The Kier molecular flexibility index (Phi) is 3.92. The molecule has 1 fully saturated rings. The summed E-state index contributed by atoms with van der Waals surface area (Å²) in [5.74, 6) is -0.00136. The Hall–Kier alpha value is -1.63. The largest absolute Gasteiger partial charge is 0.366 e. The number of nitrogen functional groups attached to an aromatic ring is 1. The van der Waals surface area contributed by atoms with Gasteiger partial charge in [-0.05, 0) is 25.9 Å². The first-order chi connectivity index (χ1) is 8.25. The van der Waals surface area contributed by atoms with Gasteiger partial charge in [0.2, 0.25) is 11.8 Å². The molecule has 1 aliphatic rings. The van der Waals surface area contributed by atoms with Gasteiger partial charge >= 0.3 is 0 Å². The Morgan fingerprint density at radius 2 is 2.18 bits per heavy atom. The lowest BCUT2D eigenvalue weighted by Crippen LogP contribution is -2.37. The Morgan fingerprint density at radius 1 is 1.41 bits per heavy atom. The topological polar surface area (TPSA) is 99.9 Å². The lowest BCUT2D eigenvalue weighted by Gasteiger charge is -2.26. The lowest BCUT2D eigenvalue weighted by molar-refractivity contribution is 0.0936. The summed E-state index contributed by atoms with van der Waals surface area (Å²) in [6.45, 7) is 3.77. The average molecular weight is 238 g/mol. The van der Waals surface area contributed by atoms with Gasteiger partial charge < -0.3 is 16.0 Å². The molecule has 0 bridgehead atoms. The number of aromatic amines is 1. The number of likely N-dealkylation sites (tertiary alicyclic amines) is 1. The molecule has 0 aromatic carbocycles. The number of aromatic nitrogens is 3. The van der Waals surface area contributed by atoms with Crippen LogP contribution in [0.5, 0.6) is 0 Å². The van der Waals surface area contributed by atoms with Crippen LogP contribution in [-0.4, -0.2) is 52.2 Å². The highest BCUT2D eigenvalue weighted by atomic mass is 16.2. The van der Waals surface area contributed by atoms with E-state index in [1.54, 1.807) is 0 Å². The molecule has 2 rings (SSSR count). The maximum atomic E-state index is 11.6. The lowest BCUT2D eigenvalue weighted by atomic mass is 10.1. The number of nitrogens with two attached hydrogens (primary N) is 1. The summed E-state index contributed by atoms with van der Waals surface area (Å²) < 4.78 is 0. The normalized spacial score (nSPS) is 16.9. The molecule has 0 spiro atoms. The van der Waals surface area contributed by atoms with Gasteiger partial charge in [0.25, 0.3) is 5.91 Å². The van der Waals surface area contributed by atoms with E-state index in [0.717, 1.165) is 19.6 Å². The van der Waals surface area contributed by atoms with Crippen molar-refractivity contribution in [3.05, 3.63) is 5.82 Å². The van der Waals surface area contributed by atoms with Crippen LogP contribution < -0.4 is 11.1 Å². The van der Waals surface area contributed by atoms with Crippen LogP contribution in [0.15, 0.2) is 0 Å². The number of nitrogens with one attached hydrogen (secondary N) is 2. The number of amides is 1. The van der Waals surface area contributed by atoms with Crippen LogP contribution in [0.4, 0.5) is 5.95 Å². The molecule has 1 amide bonds. The minimum Gasteiger partial charge on any atom is -0.366 e. The number of hydrogen-bond donors (Lipinski definition) is 3. The zero-order valence-electron chi connectivity index (χ0n) is 9.78. The second kappa shape index (κ2) is 5.62. The number of carbonyl (C=O) groups is 1. The summed E-state index contributed by atoms with van der Waals surface area (Å²) in [5, 5.41) is 8.88. The van der Waals surface area contributed by atoms with E-state index in [1.807, 2.05) is 0 Å². The standard InChI is InChI=1S/C10H18N6O/c11-10-13-8(14-15-10)9(17)12-4-7-16-5-2-1-3-6-16/h1-7H2,(H,12,17)(H3,11,13,14,15). The molecule has 0 aliphatic carbocycles. The van der Waals surface area contributed by atoms with Crippen LogP contribution in [0.25, 0.3) is 0 Å². The van der Waals surface area contributed by atoms with Crippen LogP contribution in [-0.2, 0) is 0 Å². The first kappa shape index (κ1) is 11.8. The first-order valence-electron chi connectivity index (χ1n) is 5.94. The van der Waals surface area contributed by atoms with Gasteiger partial charge in [-0.2, -0.15) is 4.98 Å². The highest BCUT2D eigenvalue weighted by Crippen LogP contribution is 2.07. The summed E-state index contributed by atoms with van der Waals surface area (Å²) in [5.41, 5.74) is 5.32. The van der Waals surface area contributed by atoms with E-state index in [1.165, 1.54) is 19.3 Å². The maximum absolute atomic E-state index is 11.6. The predicted molar refractivity (Wildman–Crippen MR) is 63.4 cm³/mol. The number of hydrogen-bond acceptors (Lipinski definition) is 5. The van der Waals surface area contributed by atoms with E-state index < -0.39 is 0 Å². The molecule has 7 nitrogen and oxygen atoms in total. The molecule has 0 saturated carbocycles. The highest BCUT2D eigenvalue weighted by Gasteiger charge is 2.12. The van der Waals surface area contributed by atoms with Crippen LogP contribution in [0.2, 0.25) is 0 Å². The van der Waals surface area contributed by atoms with Gasteiger partial charge in [0.05, 0.1) is 0 Å². The Bertz CT molecular complexity index is 371. The van der Waals surface area contributed by atoms with Crippen molar-refractivity contribution >= 4 is 11.9 Å². The number of H-pyrrole nitrogens is 1. The minimum atomic E-state index is -0.258. The maximum Gasteiger partial charge on any atom is 0.288 e. The monoisotopic (exact) mass is 238 g/mol. The third-order valence-electron chi connectivity index (χ3n) is 2.88. The van der Waals surface area contributed by atoms with E-state index in [-0.39, 0.29) is 17.7 Å². The summed E-state index contributed by atoms with van der Waals surface area (Å²) in [4.78, 5) is 17.7.